The van der Waals surface area contributed by atoms with Crippen LogP contribution in [0.25, 0.3) is 16.6 Å². The quantitative estimate of drug-likeness (QED) is 0.365. The smallest absolute Gasteiger partial charge is 0.270 e. The molecule has 3 aliphatic rings. The second-order valence-electron chi connectivity index (χ2n) is 10.5. The van der Waals surface area contributed by atoms with E-state index in [0.717, 1.165) is 34.1 Å². The number of hydrogen-bond donors (Lipinski definition) is 2. The molecule has 8 nitrogen and oxygen atoms in total. The largest absolute Gasteiger partial charge is 0.380 e. The van der Waals surface area contributed by atoms with Crippen LogP contribution in [0.3, 0.4) is 0 Å². The number of nitrogens with zero attached hydrogens (tertiary/aromatic N) is 3. The number of halogens is 1. The highest BCUT2D eigenvalue weighted by Crippen LogP contribution is 2.69. The fourth-order valence-corrected chi connectivity index (χ4v) is 5.87. The van der Waals surface area contributed by atoms with E-state index in [2.05, 4.69) is 26.7 Å². The van der Waals surface area contributed by atoms with Gasteiger partial charge in [0.2, 0.25) is 0 Å². The third-order valence-electron chi connectivity index (χ3n) is 7.44. The molecule has 4 aromatic rings. The predicted octanol–water partition coefficient (Wildman–Crippen LogP) is 3.30. The van der Waals surface area contributed by atoms with Crippen molar-refractivity contribution in [2.75, 3.05) is 13.7 Å². The number of nitrogens with one attached hydrogen (secondary N) is 2. The van der Waals surface area contributed by atoms with Crippen LogP contribution in [0.1, 0.15) is 46.4 Å². The van der Waals surface area contributed by atoms with Crippen LogP contribution < -0.4 is 16.2 Å². The number of fused-ring (bicyclic) bond motifs is 2. The molecule has 0 atom stereocenters. The summed E-state index contributed by atoms with van der Waals surface area (Å²) in [5.74, 6) is -0.420. The first-order chi connectivity index (χ1) is 17.9. The Morgan fingerprint density at radius 2 is 1.95 bits per heavy atom. The number of aromatic nitrogens is 3. The van der Waals surface area contributed by atoms with Crippen LogP contribution in [0.4, 0.5) is 4.39 Å². The zero-order chi connectivity index (χ0) is 25.6. The first-order valence-corrected chi connectivity index (χ1v) is 12.4. The Bertz CT molecular complexity index is 1560. The number of benzene rings is 1. The van der Waals surface area contributed by atoms with Crippen molar-refractivity contribution < 1.29 is 13.9 Å². The lowest BCUT2D eigenvalue weighted by atomic mass is 9.42. The third-order valence-corrected chi connectivity index (χ3v) is 7.44. The molecule has 9 heteroatoms. The zero-order valence-electron chi connectivity index (χ0n) is 20.6. The number of ether oxygens (including phenoxy) is 1. The van der Waals surface area contributed by atoms with Crippen molar-refractivity contribution >= 4 is 22.5 Å². The third kappa shape index (κ3) is 4.49. The molecule has 0 radical (unpaired) electrons. The fraction of sp³-hybridized carbons (Fsp3) is 0.357. The topological polar surface area (TPSA) is 97.6 Å². The molecule has 2 N–H and O–H groups in total. The number of rotatable bonds is 9. The second-order valence-corrected chi connectivity index (χ2v) is 10.5. The number of pyridine rings is 2. The van der Waals surface area contributed by atoms with Crippen LogP contribution in [0.2, 0.25) is 0 Å². The highest BCUT2D eigenvalue weighted by Gasteiger charge is 2.68. The van der Waals surface area contributed by atoms with Gasteiger partial charge in [-0.1, -0.05) is 6.07 Å². The molecule has 0 saturated heterocycles. The van der Waals surface area contributed by atoms with Crippen LogP contribution in [0.5, 0.6) is 0 Å². The second kappa shape index (κ2) is 9.00. The van der Waals surface area contributed by atoms with Gasteiger partial charge in [0.1, 0.15) is 17.0 Å². The van der Waals surface area contributed by atoms with Crippen molar-refractivity contribution in [1.29, 1.82) is 0 Å². The maximum absolute atomic E-state index is 13.8. The molecule has 3 fully saturated rings. The van der Waals surface area contributed by atoms with Crippen LogP contribution in [0, 0.1) is 5.41 Å². The van der Waals surface area contributed by atoms with Gasteiger partial charge >= 0.3 is 0 Å². The van der Waals surface area contributed by atoms with E-state index < -0.39 is 11.6 Å². The molecular formula is C28H28FN5O3. The van der Waals surface area contributed by atoms with Crippen molar-refractivity contribution in [3.63, 3.8) is 0 Å². The van der Waals surface area contributed by atoms with Crippen molar-refractivity contribution in [2.24, 2.45) is 5.41 Å². The molecule has 1 aromatic carbocycles. The van der Waals surface area contributed by atoms with Crippen LogP contribution in [0.15, 0.2) is 59.7 Å². The lowest BCUT2D eigenvalue weighted by Crippen LogP contribution is -2.67. The summed E-state index contributed by atoms with van der Waals surface area (Å²) < 4.78 is 20.6. The van der Waals surface area contributed by atoms with Gasteiger partial charge in [0.15, 0.2) is 0 Å². The maximum atomic E-state index is 13.8. The number of hydrogen-bond acceptors (Lipinski definition) is 6. The summed E-state index contributed by atoms with van der Waals surface area (Å²) in [5.41, 5.74) is 3.16. The summed E-state index contributed by atoms with van der Waals surface area (Å²) in [4.78, 5) is 34.1. The molecule has 3 saturated carbocycles. The van der Waals surface area contributed by atoms with Gasteiger partial charge in [0, 0.05) is 56.2 Å². The minimum atomic E-state index is -0.879. The molecule has 2 bridgehead atoms. The van der Waals surface area contributed by atoms with E-state index in [1.54, 1.807) is 31.5 Å². The monoisotopic (exact) mass is 501 g/mol. The van der Waals surface area contributed by atoms with Crippen LogP contribution >= 0.6 is 0 Å². The minimum Gasteiger partial charge on any atom is -0.380 e. The molecule has 3 aliphatic carbocycles. The number of alkyl halides is 1. The summed E-state index contributed by atoms with van der Waals surface area (Å²) >= 11 is 0. The Hall–Kier alpha value is -3.69. The minimum absolute atomic E-state index is 0.0755. The SMILES string of the molecule is COCc1cc(CNC(=O)c2cc(=O)n3ccccc3n2)cc2cc(CNCC34CC(F)(C3)C4)cnc12. The molecule has 7 rings (SSSR count). The first-order valence-electron chi connectivity index (χ1n) is 12.4. The maximum Gasteiger partial charge on any atom is 0.270 e. The highest BCUT2D eigenvalue weighted by molar-refractivity contribution is 5.92. The highest BCUT2D eigenvalue weighted by atomic mass is 19.1. The summed E-state index contributed by atoms with van der Waals surface area (Å²) in [6.45, 7) is 2.13. The van der Waals surface area contributed by atoms with E-state index in [0.29, 0.717) is 38.1 Å². The van der Waals surface area contributed by atoms with Crippen molar-refractivity contribution in [3.8, 4) is 0 Å². The fourth-order valence-electron chi connectivity index (χ4n) is 5.87. The van der Waals surface area contributed by atoms with Gasteiger partial charge < -0.3 is 15.4 Å². The van der Waals surface area contributed by atoms with Crippen molar-refractivity contribution in [1.82, 2.24) is 25.0 Å². The molecule has 37 heavy (non-hydrogen) atoms. The van der Waals surface area contributed by atoms with Crippen LogP contribution in [-0.2, 0) is 24.4 Å². The number of carbonyl (C=O) groups is 1. The molecule has 190 valence electrons. The van der Waals surface area contributed by atoms with Gasteiger partial charge in [-0.25, -0.2) is 9.37 Å². The standard InChI is InChI=1S/C28H28FN5O3/c1-37-13-21-7-18(11-32-26(36)22-9-24(35)34-5-3-2-4-23(34)33-22)6-20-8-19(12-31-25(20)21)10-30-17-27-14-28(29,15-27)16-27/h2-9,12,30H,10-11,13-17H2,1H3,(H,32,36). The molecule has 0 unspecified atom stereocenters. The molecular weight excluding hydrogens is 473 g/mol. The first kappa shape index (κ1) is 23.7. The van der Waals surface area contributed by atoms with Gasteiger partial charge in [-0.15, -0.1) is 0 Å². The van der Waals surface area contributed by atoms with Gasteiger partial charge in [-0.3, -0.25) is 19.0 Å². The summed E-state index contributed by atoms with van der Waals surface area (Å²) in [6.07, 6.45) is 5.52. The van der Waals surface area contributed by atoms with E-state index in [1.165, 1.54) is 10.5 Å². The average molecular weight is 502 g/mol. The Kier molecular flexibility index (Phi) is 5.77. The Morgan fingerprint density at radius 3 is 2.73 bits per heavy atom. The lowest BCUT2D eigenvalue weighted by molar-refractivity contribution is -0.209. The van der Waals surface area contributed by atoms with Gasteiger partial charge in [0.25, 0.3) is 11.5 Å². The average Bonchev–Trinajstić information content (AvgIpc) is 2.85. The van der Waals surface area contributed by atoms with Gasteiger partial charge in [0.05, 0.1) is 12.1 Å². The molecule has 3 aromatic heterocycles. The lowest BCUT2D eigenvalue weighted by Gasteiger charge is -2.66. The van der Waals surface area contributed by atoms with Crippen LogP contribution in [-0.4, -0.2) is 39.6 Å². The number of carbonyl (C=O) groups excluding carboxylic acids is 1. The Morgan fingerprint density at radius 1 is 1.14 bits per heavy atom. The van der Waals surface area contributed by atoms with E-state index in [1.807, 2.05) is 18.3 Å². The summed E-state index contributed by atoms with van der Waals surface area (Å²) in [5, 5.41) is 7.30. The molecule has 3 heterocycles. The Labute approximate surface area is 212 Å². The van der Waals surface area contributed by atoms with Crippen molar-refractivity contribution in [2.45, 2.75) is 44.6 Å². The molecule has 0 spiro atoms. The zero-order valence-corrected chi connectivity index (χ0v) is 20.6. The van der Waals surface area contributed by atoms with Gasteiger partial charge in [-0.05, 0) is 66.1 Å². The predicted molar refractivity (Wildman–Crippen MR) is 137 cm³/mol. The summed E-state index contributed by atoms with van der Waals surface area (Å²) in [7, 11) is 1.63. The molecule has 0 aliphatic heterocycles. The summed E-state index contributed by atoms with van der Waals surface area (Å²) in [6, 6.07) is 12.5. The van der Waals surface area contributed by atoms with E-state index in [9.17, 15) is 14.0 Å². The van der Waals surface area contributed by atoms with Gasteiger partial charge in [-0.2, -0.15) is 0 Å². The number of methoxy groups -OCH3 is 1. The normalized spacial score (nSPS) is 22.0. The van der Waals surface area contributed by atoms with E-state index in [-0.39, 0.29) is 23.2 Å². The molecule has 1 amide bonds. The van der Waals surface area contributed by atoms with E-state index in [4.69, 9.17) is 4.74 Å². The number of amides is 1. The van der Waals surface area contributed by atoms with Crippen molar-refractivity contribution in [3.05, 3.63) is 87.6 Å². The van der Waals surface area contributed by atoms with E-state index >= 15 is 0 Å². The Balaban J connectivity index is 1.17.